The van der Waals surface area contributed by atoms with Crippen LogP contribution in [0.25, 0.3) is 0 Å². The van der Waals surface area contributed by atoms with Gasteiger partial charge in [0.2, 0.25) is 0 Å². The summed E-state index contributed by atoms with van der Waals surface area (Å²) in [5, 5.41) is 0. The summed E-state index contributed by atoms with van der Waals surface area (Å²) in [6.45, 7) is 1.93. The van der Waals surface area contributed by atoms with E-state index in [9.17, 15) is 9.59 Å². The van der Waals surface area contributed by atoms with Crippen LogP contribution in [0.3, 0.4) is 0 Å². The van der Waals surface area contributed by atoms with Gasteiger partial charge in [-0.1, -0.05) is 0 Å². The van der Waals surface area contributed by atoms with Crippen LogP contribution in [0.5, 0.6) is 0 Å². The summed E-state index contributed by atoms with van der Waals surface area (Å²) in [6, 6.07) is 0. The van der Waals surface area contributed by atoms with Crippen molar-refractivity contribution >= 4 is 12.3 Å². The van der Waals surface area contributed by atoms with Crippen LogP contribution in [0.4, 0.5) is 0 Å². The summed E-state index contributed by atoms with van der Waals surface area (Å²) < 4.78 is 4.51. The Morgan fingerprint density at radius 1 is 1.58 bits per heavy atom. The van der Waals surface area contributed by atoms with E-state index < -0.39 is 11.4 Å². The number of nitrogens with zero attached hydrogens (tertiary/aromatic N) is 1. The number of hydrogen-bond donors (Lipinski definition) is 0. The quantitative estimate of drug-likeness (QED) is 0.339. The topological polar surface area (TPSA) is 46.6 Å². The second-order valence-corrected chi connectivity index (χ2v) is 3.26. The maximum absolute atomic E-state index is 11.1. The SMILES string of the molecule is COC(=O)C(C)(C=O)CN(C)C. The van der Waals surface area contributed by atoms with Crippen molar-refractivity contribution in [3.05, 3.63) is 0 Å². The molecule has 0 aromatic carbocycles. The van der Waals surface area contributed by atoms with E-state index in [-0.39, 0.29) is 0 Å². The number of ether oxygens (including phenoxy) is 1. The Hall–Kier alpha value is -0.900. The highest BCUT2D eigenvalue weighted by molar-refractivity contribution is 5.92. The second-order valence-electron chi connectivity index (χ2n) is 3.26. The van der Waals surface area contributed by atoms with Crippen LogP contribution in [0.15, 0.2) is 0 Å². The highest BCUT2D eigenvalue weighted by Crippen LogP contribution is 2.15. The lowest BCUT2D eigenvalue weighted by molar-refractivity contribution is -0.154. The molecule has 0 aliphatic carbocycles. The average Bonchev–Trinajstić information content (AvgIpc) is 2.01. The zero-order chi connectivity index (χ0) is 9.78. The highest BCUT2D eigenvalue weighted by Gasteiger charge is 2.34. The number of rotatable bonds is 4. The van der Waals surface area contributed by atoms with Gasteiger partial charge in [-0.3, -0.25) is 4.79 Å². The van der Waals surface area contributed by atoms with Crippen LogP contribution in [-0.2, 0) is 14.3 Å². The number of carbonyl (C=O) groups excluding carboxylic acids is 2. The van der Waals surface area contributed by atoms with Gasteiger partial charge >= 0.3 is 5.97 Å². The fraction of sp³-hybridized carbons (Fsp3) is 0.750. The fourth-order valence-corrected chi connectivity index (χ4v) is 1.04. The fourth-order valence-electron chi connectivity index (χ4n) is 1.04. The van der Waals surface area contributed by atoms with Gasteiger partial charge in [0.25, 0.3) is 0 Å². The van der Waals surface area contributed by atoms with Crippen molar-refractivity contribution in [3.8, 4) is 0 Å². The first-order chi connectivity index (χ1) is 5.46. The molecule has 0 aromatic heterocycles. The van der Waals surface area contributed by atoms with Gasteiger partial charge in [-0.15, -0.1) is 0 Å². The minimum absolute atomic E-state index is 0.364. The van der Waals surface area contributed by atoms with Gasteiger partial charge < -0.3 is 14.4 Å². The first kappa shape index (κ1) is 11.1. The van der Waals surface area contributed by atoms with Crippen LogP contribution >= 0.6 is 0 Å². The zero-order valence-electron chi connectivity index (χ0n) is 7.96. The van der Waals surface area contributed by atoms with Crippen molar-refractivity contribution in [2.45, 2.75) is 6.92 Å². The minimum Gasteiger partial charge on any atom is -0.468 e. The van der Waals surface area contributed by atoms with Gasteiger partial charge in [0.1, 0.15) is 11.7 Å². The van der Waals surface area contributed by atoms with E-state index in [0.717, 1.165) is 0 Å². The third-order valence-electron chi connectivity index (χ3n) is 1.56. The van der Waals surface area contributed by atoms with Crippen molar-refractivity contribution < 1.29 is 14.3 Å². The molecular formula is C8H15NO3. The standard InChI is InChI=1S/C8H15NO3/c1-8(6-10,5-9(2)3)7(11)12-4/h6H,5H2,1-4H3. The molecule has 0 spiro atoms. The van der Waals surface area contributed by atoms with Gasteiger partial charge in [-0.25, -0.2) is 0 Å². The maximum Gasteiger partial charge on any atom is 0.320 e. The molecule has 0 amide bonds. The van der Waals surface area contributed by atoms with Crippen LogP contribution in [0, 0.1) is 5.41 Å². The molecule has 0 aliphatic rings. The number of methoxy groups -OCH3 is 1. The molecule has 0 aliphatic heterocycles. The number of esters is 1. The molecule has 0 saturated carbocycles. The molecule has 12 heavy (non-hydrogen) atoms. The molecule has 4 heteroatoms. The first-order valence-corrected chi connectivity index (χ1v) is 3.66. The highest BCUT2D eigenvalue weighted by atomic mass is 16.5. The van der Waals surface area contributed by atoms with Crippen molar-refractivity contribution in [2.75, 3.05) is 27.7 Å². The molecule has 0 rings (SSSR count). The van der Waals surface area contributed by atoms with E-state index in [4.69, 9.17) is 0 Å². The molecule has 0 radical (unpaired) electrons. The molecule has 70 valence electrons. The van der Waals surface area contributed by atoms with E-state index in [0.29, 0.717) is 12.8 Å². The van der Waals surface area contributed by atoms with Crippen LogP contribution in [-0.4, -0.2) is 44.9 Å². The van der Waals surface area contributed by atoms with Crippen molar-refractivity contribution in [2.24, 2.45) is 5.41 Å². The van der Waals surface area contributed by atoms with Gasteiger partial charge in [-0.05, 0) is 21.0 Å². The summed E-state index contributed by atoms with van der Waals surface area (Å²) in [6.07, 6.45) is 0.624. The largest absolute Gasteiger partial charge is 0.468 e. The Bertz CT molecular complexity index is 179. The maximum atomic E-state index is 11.1. The zero-order valence-corrected chi connectivity index (χ0v) is 7.96. The van der Waals surface area contributed by atoms with Crippen LogP contribution in [0.2, 0.25) is 0 Å². The van der Waals surface area contributed by atoms with Crippen LogP contribution in [0.1, 0.15) is 6.92 Å². The van der Waals surface area contributed by atoms with Crippen molar-refractivity contribution in [3.63, 3.8) is 0 Å². The monoisotopic (exact) mass is 173 g/mol. The number of aldehydes is 1. The van der Waals surface area contributed by atoms with E-state index in [1.165, 1.54) is 7.11 Å². The molecule has 0 N–H and O–H groups in total. The summed E-state index contributed by atoms with van der Waals surface area (Å²) in [7, 11) is 4.87. The van der Waals surface area contributed by atoms with E-state index in [2.05, 4.69) is 4.74 Å². The molecule has 0 saturated heterocycles. The Morgan fingerprint density at radius 3 is 2.33 bits per heavy atom. The lowest BCUT2D eigenvalue weighted by Gasteiger charge is -2.23. The summed E-state index contributed by atoms with van der Waals surface area (Å²) in [4.78, 5) is 23.5. The molecule has 0 fully saturated rings. The summed E-state index contributed by atoms with van der Waals surface area (Å²) in [5.74, 6) is -0.494. The van der Waals surface area contributed by atoms with E-state index in [1.54, 1.807) is 25.9 Å². The Morgan fingerprint density at radius 2 is 2.08 bits per heavy atom. The van der Waals surface area contributed by atoms with Gasteiger partial charge in [0.15, 0.2) is 0 Å². The first-order valence-electron chi connectivity index (χ1n) is 3.66. The van der Waals surface area contributed by atoms with Gasteiger partial charge in [0, 0.05) is 6.54 Å². The van der Waals surface area contributed by atoms with Crippen LogP contribution < -0.4 is 0 Å². The molecule has 4 nitrogen and oxygen atoms in total. The minimum atomic E-state index is -1.04. The third-order valence-corrected chi connectivity index (χ3v) is 1.56. The average molecular weight is 173 g/mol. The van der Waals surface area contributed by atoms with E-state index >= 15 is 0 Å². The third kappa shape index (κ3) is 2.62. The predicted octanol–water partition coefficient (Wildman–Crippen LogP) is -0.0738. The molecule has 0 bridgehead atoms. The summed E-state index contributed by atoms with van der Waals surface area (Å²) in [5.41, 5.74) is -1.04. The summed E-state index contributed by atoms with van der Waals surface area (Å²) >= 11 is 0. The molecule has 0 heterocycles. The number of hydrogen-bond acceptors (Lipinski definition) is 4. The Balaban J connectivity index is 4.44. The van der Waals surface area contributed by atoms with E-state index in [1.807, 2.05) is 0 Å². The van der Waals surface area contributed by atoms with Crippen molar-refractivity contribution in [1.29, 1.82) is 0 Å². The van der Waals surface area contributed by atoms with Gasteiger partial charge in [0.05, 0.1) is 7.11 Å². The smallest absolute Gasteiger partial charge is 0.320 e. The Labute approximate surface area is 72.5 Å². The Kier molecular flexibility index (Phi) is 3.89. The normalized spacial score (nSPS) is 15.4. The lowest BCUT2D eigenvalue weighted by Crippen LogP contribution is -2.40. The second kappa shape index (κ2) is 4.21. The molecular weight excluding hydrogens is 158 g/mol. The number of carbonyl (C=O) groups is 2. The lowest BCUT2D eigenvalue weighted by atomic mass is 9.92. The van der Waals surface area contributed by atoms with Crippen molar-refractivity contribution in [1.82, 2.24) is 4.90 Å². The molecule has 0 aromatic rings. The predicted molar refractivity (Wildman–Crippen MR) is 44.7 cm³/mol. The molecule has 1 unspecified atom stereocenters. The molecule has 1 atom stereocenters. The van der Waals surface area contributed by atoms with Gasteiger partial charge in [-0.2, -0.15) is 0 Å².